The second-order valence-corrected chi connectivity index (χ2v) is 9.68. The highest BCUT2D eigenvalue weighted by Crippen LogP contribution is 2.29. The van der Waals surface area contributed by atoms with E-state index in [-0.39, 0.29) is 17.5 Å². The lowest BCUT2D eigenvalue weighted by molar-refractivity contribution is 0.0920. The van der Waals surface area contributed by atoms with Crippen molar-refractivity contribution in [3.63, 3.8) is 0 Å². The van der Waals surface area contributed by atoms with E-state index in [0.29, 0.717) is 44.9 Å². The molecule has 0 aliphatic carbocycles. The van der Waals surface area contributed by atoms with Gasteiger partial charge in [0.2, 0.25) is 10.0 Å². The van der Waals surface area contributed by atoms with Gasteiger partial charge in [0, 0.05) is 50.3 Å². The number of sulfonamides is 1. The maximum Gasteiger partial charge on any atom is 0.273 e. The summed E-state index contributed by atoms with van der Waals surface area (Å²) in [6.45, 7) is 2.40. The van der Waals surface area contributed by atoms with Gasteiger partial charge in [0.25, 0.3) is 5.91 Å². The number of hydrogen-bond donors (Lipinski definition) is 2. The first kappa shape index (κ1) is 19.0. The predicted octanol–water partition coefficient (Wildman–Crippen LogP) is 0.130. The van der Waals surface area contributed by atoms with E-state index in [1.54, 1.807) is 0 Å². The normalized spacial score (nSPS) is 17.7. The molecule has 158 valence electrons. The molecule has 3 aromatic rings. The van der Waals surface area contributed by atoms with Gasteiger partial charge in [-0.05, 0) is 6.07 Å². The van der Waals surface area contributed by atoms with Crippen molar-refractivity contribution in [1.82, 2.24) is 29.7 Å². The van der Waals surface area contributed by atoms with E-state index in [1.165, 1.54) is 16.9 Å². The average Bonchev–Trinajstić information content (AvgIpc) is 3.31. The molecule has 5 heterocycles. The molecule has 12 heteroatoms. The quantitative estimate of drug-likeness (QED) is 0.582. The molecule has 1 saturated heterocycles. The first-order valence-corrected chi connectivity index (χ1v) is 11.5. The van der Waals surface area contributed by atoms with Crippen LogP contribution in [-0.4, -0.2) is 71.2 Å². The Bertz CT molecular complexity index is 1210. The van der Waals surface area contributed by atoms with Crippen LogP contribution in [0.4, 0.5) is 5.82 Å². The minimum Gasteiger partial charge on any atom is -0.360 e. The van der Waals surface area contributed by atoms with Crippen molar-refractivity contribution in [1.29, 1.82) is 0 Å². The lowest BCUT2D eigenvalue weighted by atomic mass is 10.0. The summed E-state index contributed by atoms with van der Waals surface area (Å²) in [5, 5.41) is 7.77. The summed E-state index contributed by atoms with van der Waals surface area (Å²) in [4.78, 5) is 26.5. The van der Waals surface area contributed by atoms with Crippen LogP contribution in [0.25, 0.3) is 11.0 Å². The van der Waals surface area contributed by atoms with E-state index in [0.717, 1.165) is 22.4 Å². The van der Waals surface area contributed by atoms with Gasteiger partial charge in [-0.25, -0.2) is 22.7 Å². The Balaban J connectivity index is 1.28. The second kappa shape index (κ2) is 7.06. The standard InChI is InChI=1S/C18H21N7O4S/c1-30(27,28)25-7-11(8-25)6-20-18(26)15-13-9-24(5-3-14(13)29-23-15)17-12-2-4-19-16(12)21-10-22-17/h2,4,10-11H,3,5-9H2,1H3,(H,20,26)(H,19,21,22). The minimum atomic E-state index is -3.16. The van der Waals surface area contributed by atoms with Crippen LogP contribution in [0.1, 0.15) is 21.8 Å². The van der Waals surface area contributed by atoms with E-state index >= 15 is 0 Å². The number of aromatic nitrogens is 4. The number of anilines is 1. The number of nitrogens with zero attached hydrogens (tertiary/aromatic N) is 5. The summed E-state index contributed by atoms with van der Waals surface area (Å²) in [5.74, 6) is 1.30. The van der Waals surface area contributed by atoms with E-state index in [9.17, 15) is 13.2 Å². The molecule has 5 rings (SSSR count). The van der Waals surface area contributed by atoms with E-state index in [4.69, 9.17) is 4.52 Å². The summed E-state index contributed by atoms with van der Waals surface area (Å²) in [6.07, 6.45) is 5.15. The van der Waals surface area contributed by atoms with Crippen LogP contribution >= 0.6 is 0 Å². The van der Waals surface area contributed by atoms with Crippen LogP contribution in [0.2, 0.25) is 0 Å². The summed E-state index contributed by atoms with van der Waals surface area (Å²) in [6, 6.07) is 1.93. The van der Waals surface area contributed by atoms with E-state index in [2.05, 4.69) is 30.3 Å². The monoisotopic (exact) mass is 431 g/mol. The van der Waals surface area contributed by atoms with Gasteiger partial charge < -0.3 is 19.7 Å². The molecule has 0 unspecified atom stereocenters. The zero-order valence-corrected chi connectivity index (χ0v) is 17.1. The van der Waals surface area contributed by atoms with Gasteiger partial charge in [-0.3, -0.25) is 4.79 Å². The number of nitrogens with one attached hydrogen (secondary N) is 2. The lowest BCUT2D eigenvalue weighted by Crippen LogP contribution is -2.53. The Hall–Kier alpha value is -2.99. The van der Waals surface area contributed by atoms with Crippen LogP contribution in [0.5, 0.6) is 0 Å². The molecule has 0 spiro atoms. The van der Waals surface area contributed by atoms with Crippen molar-refractivity contribution in [2.24, 2.45) is 5.92 Å². The van der Waals surface area contributed by atoms with Crippen LogP contribution in [0, 0.1) is 5.92 Å². The average molecular weight is 431 g/mol. The van der Waals surface area contributed by atoms with Crippen LogP contribution < -0.4 is 10.2 Å². The summed E-state index contributed by atoms with van der Waals surface area (Å²) >= 11 is 0. The number of amides is 1. The van der Waals surface area contributed by atoms with E-state index < -0.39 is 10.0 Å². The topological polar surface area (TPSA) is 137 Å². The van der Waals surface area contributed by atoms with Crippen molar-refractivity contribution in [2.75, 3.05) is 37.3 Å². The number of aromatic amines is 1. The number of carbonyl (C=O) groups is 1. The molecule has 0 aromatic carbocycles. The molecule has 0 saturated carbocycles. The van der Waals surface area contributed by atoms with Gasteiger partial charge >= 0.3 is 0 Å². The molecule has 1 fully saturated rings. The molecule has 2 aliphatic heterocycles. The number of fused-ring (bicyclic) bond motifs is 2. The summed E-state index contributed by atoms with van der Waals surface area (Å²) in [7, 11) is -3.16. The minimum absolute atomic E-state index is 0.103. The van der Waals surface area contributed by atoms with Gasteiger partial charge in [-0.15, -0.1) is 0 Å². The molecule has 0 atom stereocenters. The fraction of sp³-hybridized carbons (Fsp3) is 0.444. The molecule has 3 aromatic heterocycles. The molecular formula is C18H21N7O4S. The first-order chi connectivity index (χ1) is 14.4. The molecule has 11 nitrogen and oxygen atoms in total. The van der Waals surface area contributed by atoms with Gasteiger partial charge in [-0.1, -0.05) is 5.16 Å². The number of H-pyrrole nitrogens is 1. The Morgan fingerprint density at radius 1 is 1.37 bits per heavy atom. The van der Waals surface area contributed by atoms with E-state index in [1.807, 2.05) is 12.3 Å². The Morgan fingerprint density at radius 2 is 2.20 bits per heavy atom. The molecule has 2 N–H and O–H groups in total. The van der Waals surface area contributed by atoms with Crippen LogP contribution in [-0.2, 0) is 23.0 Å². The second-order valence-electron chi connectivity index (χ2n) is 7.70. The lowest BCUT2D eigenvalue weighted by Gasteiger charge is -2.37. The SMILES string of the molecule is CS(=O)(=O)N1CC(CNC(=O)c2noc3c2CN(c2ncnc4[nH]ccc24)CC3)C1. The highest BCUT2D eigenvalue weighted by molar-refractivity contribution is 7.88. The zero-order valence-electron chi connectivity index (χ0n) is 16.3. The Labute approximate surface area is 172 Å². The van der Waals surface area contributed by atoms with Gasteiger partial charge in [0.1, 0.15) is 23.6 Å². The fourth-order valence-electron chi connectivity index (χ4n) is 3.92. The van der Waals surface area contributed by atoms with Crippen LogP contribution in [0.15, 0.2) is 23.1 Å². The zero-order chi connectivity index (χ0) is 20.9. The molecule has 1 amide bonds. The molecule has 2 aliphatic rings. The summed E-state index contributed by atoms with van der Waals surface area (Å²) < 4.78 is 29.7. The number of rotatable bonds is 5. The molecule has 0 radical (unpaired) electrons. The summed E-state index contributed by atoms with van der Waals surface area (Å²) in [5.41, 5.74) is 1.79. The molecular weight excluding hydrogens is 410 g/mol. The predicted molar refractivity (Wildman–Crippen MR) is 107 cm³/mol. The Morgan fingerprint density at radius 3 is 3.00 bits per heavy atom. The highest BCUT2D eigenvalue weighted by Gasteiger charge is 2.34. The van der Waals surface area contributed by atoms with Gasteiger partial charge in [-0.2, -0.15) is 0 Å². The largest absolute Gasteiger partial charge is 0.360 e. The number of hydrogen-bond acceptors (Lipinski definition) is 8. The third-order valence-electron chi connectivity index (χ3n) is 5.62. The van der Waals surface area contributed by atoms with Crippen molar-refractivity contribution in [3.8, 4) is 0 Å². The van der Waals surface area contributed by atoms with Gasteiger partial charge in [0.15, 0.2) is 5.69 Å². The van der Waals surface area contributed by atoms with Crippen molar-refractivity contribution < 1.29 is 17.7 Å². The third-order valence-corrected chi connectivity index (χ3v) is 6.86. The van der Waals surface area contributed by atoms with Crippen molar-refractivity contribution >= 4 is 32.8 Å². The van der Waals surface area contributed by atoms with Crippen molar-refractivity contribution in [2.45, 2.75) is 13.0 Å². The molecule has 0 bridgehead atoms. The Kier molecular flexibility index (Phi) is 4.47. The third kappa shape index (κ3) is 3.31. The van der Waals surface area contributed by atoms with Gasteiger partial charge in [0.05, 0.1) is 18.2 Å². The molecule has 30 heavy (non-hydrogen) atoms. The first-order valence-electron chi connectivity index (χ1n) is 9.64. The van der Waals surface area contributed by atoms with Crippen molar-refractivity contribution in [3.05, 3.63) is 35.6 Å². The van der Waals surface area contributed by atoms with Crippen LogP contribution in [0.3, 0.4) is 0 Å². The fourth-order valence-corrected chi connectivity index (χ4v) is 4.89. The maximum absolute atomic E-state index is 12.7. The maximum atomic E-state index is 12.7. The number of carbonyl (C=O) groups excluding carboxylic acids is 1. The smallest absolute Gasteiger partial charge is 0.273 e. The highest BCUT2D eigenvalue weighted by atomic mass is 32.2.